The van der Waals surface area contributed by atoms with Crippen molar-refractivity contribution in [3.63, 3.8) is 0 Å². The number of rotatable bonds is 3. The molecule has 0 aliphatic heterocycles. The number of carbonyl (C=O) groups is 1. The van der Waals surface area contributed by atoms with Gasteiger partial charge in [-0.2, -0.15) is 10.4 Å². The van der Waals surface area contributed by atoms with Crippen LogP contribution in [0.15, 0.2) is 24.4 Å². The van der Waals surface area contributed by atoms with E-state index < -0.39 is 5.97 Å². The molecule has 2 aromatic rings. The summed E-state index contributed by atoms with van der Waals surface area (Å²) in [5.74, 6) is -0.607. The van der Waals surface area contributed by atoms with E-state index in [4.69, 9.17) is 27.3 Å². The van der Waals surface area contributed by atoms with Gasteiger partial charge < -0.3 is 10.5 Å². The maximum absolute atomic E-state index is 11.7. The van der Waals surface area contributed by atoms with E-state index in [2.05, 4.69) is 5.10 Å². The topological polar surface area (TPSA) is 93.9 Å². The number of hydrogen-bond acceptors (Lipinski definition) is 5. The lowest BCUT2D eigenvalue weighted by Gasteiger charge is -2.04. The average molecular weight is 291 g/mol. The van der Waals surface area contributed by atoms with E-state index in [0.29, 0.717) is 10.7 Å². The lowest BCUT2D eigenvalue weighted by atomic mass is 10.2. The molecule has 0 aliphatic rings. The number of benzene rings is 1. The minimum absolute atomic E-state index is 0.00992. The number of nitrogens with two attached hydrogens (primary N) is 1. The summed E-state index contributed by atoms with van der Waals surface area (Å²) >= 11 is 5.95. The quantitative estimate of drug-likeness (QED) is 0.874. The molecule has 0 amide bonds. The Morgan fingerprint density at radius 3 is 3.00 bits per heavy atom. The van der Waals surface area contributed by atoms with E-state index in [0.717, 1.165) is 0 Å². The van der Waals surface area contributed by atoms with Crippen molar-refractivity contribution < 1.29 is 9.53 Å². The van der Waals surface area contributed by atoms with E-state index >= 15 is 0 Å². The second-order valence-corrected chi connectivity index (χ2v) is 4.25. The molecule has 0 aliphatic carbocycles. The Labute approximate surface area is 120 Å². The summed E-state index contributed by atoms with van der Waals surface area (Å²) in [6, 6.07) is 6.94. The van der Waals surface area contributed by atoms with Gasteiger partial charge in [0.15, 0.2) is 5.69 Å². The molecule has 0 atom stereocenters. The highest BCUT2D eigenvalue weighted by Gasteiger charge is 2.18. The van der Waals surface area contributed by atoms with Crippen LogP contribution in [0.1, 0.15) is 23.0 Å². The second kappa shape index (κ2) is 5.63. The number of halogens is 1. The monoisotopic (exact) mass is 290 g/mol. The minimum atomic E-state index is -0.607. The van der Waals surface area contributed by atoms with Crippen LogP contribution in [0, 0.1) is 11.3 Å². The number of aromatic nitrogens is 2. The SMILES string of the molecule is CCOC(=O)c1nn(-c2cccc(Cl)c2C#N)cc1N. The molecular formula is C13H11ClN4O2. The summed E-state index contributed by atoms with van der Waals surface area (Å²) in [4.78, 5) is 11.7. The molecule has 1 aromatic carbocycles. The van der Waals surface area contributed by atoms with Gasteiger partial charge in [0, 0.05) is 0 Å². The maximum atomic E-state index is 11.7. The Morgan fingerprint density at radius 2 is 2.35 bits per heavy atom. The molecule has 7 heteroatoms. The summed E-state index contributed by atoms with van der Waals surface area (Å²) in [6.45, 7) is 1.92. The van der Waals surface area contributed by atoms with Crippen molar-refractivity contribution in [2.45, 2.75) is 6.92 Å². The van der Waals surface area contributed by atoms with Gasteiger partial charge in [0.1, 0.15) is 6.07 Å². The number of ether oxygens (including phenoxy) is 1. The maximum Gasteiger partial charge on any atom is 0.361 e. The number of esters is 1. The first kappa shape index (κ1) is 13.9. The molecule has 0 radical (unpaired) electrons. The van der Waals surface area contributed by atoms with Gasteiger partial charge in [-0.3, -0.25) is 0 Å². The van der Waals surface area contributed by atoms with Crippen molar-refractivity contribution in [3.05, 3.63) is 40.7 Å². The normalized spacial score (nSPS) is 10.1. The predicted octanol–water partition coefficient (Wildman–Crippen LogP) is 2.16. The van der Waals surface area contributed by atoms with Gasteiger partial charge in [0.2, 0.25) is 0 Å². The van der Waals surface area contributed by atoms with Crippen molar-refractivity contribution in [1.29, 1.82) is 5.26 Å². The minimum Gasteiger partial charge on any atom is -0.461 e. The fraction of sp³-hybridized carbons (Fsp3) is 0.154. The Bertz CT molecular complexity index is 703. The predicted molar refractivity (Wildman–Crippen MR) is 73.7 cm³/mol. The van der Waals surface area contributed by atoms with Crippen LogP contribution in [0.4, 0.5) is 5.69 Å². The zero-order valence-electron chi connectivity index (χ0n) is 10.6. The fourth-order valence-corrected chi connectivity index (χ4v) is 1.89. The van der Waals surface area contributed by atoms with Crippen molar-refractivity contribution in [1.82, 2.24) is 9.78 Å². The van der Waals surface area contributed by atoms with E-state index in [9.17, 15) is 4.79 Å². The lowest BCUT2D eigenvalue weighted by Crippen LogP contribution is -2.08. The second-order valence-electron chi connectivity index (χ2n) is 3.84. The van der Waals surface area contributed by atoms with Crippen molar-refractivity contribution >= 4 is 23.3 Å². The highest BCUT2D eigenvalue weighted by Crippen LogP contribution is 2.23. The number of nitriles is 1. The molecule has 0 saturated heterocycles. The molecular weight excluding hydrogens is 280 g/mol. The first-order valence-electron chi connectivity index (χ1n) is 5.79. The smallest absolute Gasteiger partial charge is 0.361 e. The van der Waals surface area contributed by atoms with Crippen LogP contribution in [0.3, 0.4) is 0 Å². The van der Waals surface area contributed by atoms with Gasteiger partial charge in [-0.1, -0.05) is 17.7 Å². The van der Waals surface area contributed by atoms with Gasteiger partial charge in [-0.15, -0.1) is 0 Å². The summed E-state index contributed by atoms with van der Waals surface area (Å²) in [6.07, 6.45) is 1.44. The number of nitrogen functional groups attached to an aromatic ring is 1. The molecule has 2 N–H and O–H groups in total. The molecule has 1 aromatic heterocycles. The molecule has 2 rings (SSSR count). The molecule has 20 heavy (non-hydrogen) atoms. The summed E-state index contributed by atoms with van der Waals surface area (Å²) < 4.78 is 6.19. The van der Waals surface area contributed by atoms with Crippen molar-refractivity contribution in [3.8, 4) is 11.8 Å². The van der Waals surface area contributed by atoms with E-state index in [1.165, 1.54) is 10.9 Å². The molecule has 0 unspecified atom stereocenters. The van der Waals surface area contributed by atoms with Crippen molar-refractivity contribution in [2.75, 3.05) is 12.3 Å². The Hall–Kier alpha value is -2.52. The van der Waals surface area contributed by atoms with Crippen molar-refractivity contribution in [2.24, 2.45) is 0 Å². The number of anilines is 1. The van der Waals surface area contributed by atoms with Gasteiger partial charge in [-0.25, -0.2) is 9.48 Å². The molecule has 0 fully saturated rings. The summed E-state index contributed by atoms with van der Waals surface area (Å²) in [5.41, 5.74) is 6.63. The number of carbonyl (C=O) groups excluding carboxylic acids is 1. The molecule has 102 valence electrons. The molecule has 1 heterocycles. The third kappa shape index (κ3) is 2.44. The van der Waals surface area contributed by atoms with Gasteiger partial charge in [-0.05, 0) is 19.1 Å². The van der Waals surface area contributed by atoms with Crippen LogP contribution in [0.25, 0.3) is 5.69 Å². The first-order valence-corrected chi connectivity index (χ1v) is 6.17. The zero-order valence-corrected chi connectivity index (χ0v) is 11.4. The molecule has 6 nitrogen and oxygen atoms in total. The molecule has 0 spiro atoms. The number of nitrogens with zero attached hydrogens (tertiary/aromatic N) is 3. The van der Waals surface area contributed by atoms with Gasteiger partial charge in [0.05, 0.1) is 34.8 Å². The molecule has 0 bridgehead atoms. The Morgan fingerprint density at radius 1 is 1.60 bits per heavy atom. The molecule has 0 saturated carbocycles. The Kier molecular flexibility index (Phi) is 3.91. The number of hydrogen-bond donors (Lipinski definition) is 1. The lowest BCUT2D eigenvalue weighted by molar-refractivity contribution is 0.0520. The summed E-state index contributed by atoms with van der Waals surface area (Å²) in [7, 11) is 0. The Balaban J connectivity index is 2.51. The van der Waals surface area contributed by atoms with Gasteiger partial charge >= 0.3 is 5.97 Å². The van der Waals surface area contributed by atoms with Crippen LogP contribution in [-0.2, 0) is 4.74 Å². The van der Waals surface area contributed by atoms with Gasteiger partial charge in [0.25, 0.3) is 0 Å². The standard InChI is InChI=1S/C13H11ClN4O2/c1-2-20-13(19)12-10(16)7-18(17-12)11-5-3-4-9(14)8(11)6-15/h3-5,7H,2,16H2,1H3. The third-order valence-corrected chi connectivity index (χ3v) is 2.88. The van der Waals surface area contributed by atoms with E-state index in [1.54, 1.807) is 25.1 Å². The van der Waals surface area contributed by atoms with Crippen LogP contribution in [0.2, 0.25) is 5.02 Å². The zero-order chi connectivity index (χ0) is 14.7. The van der Waals surface area contributed by atoms with Crippen LogP contribution >= 0.6 is 11.6 Å². The fourth-order valence-electron chi connectivity index (χ4n) is 1.68. The highest BCUT2D eigenvalue weighted by atomic mass is 35.5. The first-order chi connectivity index (χ1) is 9.58. The van der Waals surface area contributed by atoms with Crippen LogP contribution < -0.4 is 5.73 Å². The van der Waals surface area contributed by atoms with E-state index in [-0.39, 0.29) is 23.6 Å². The third-order valence-electron chi connectivity index (χ3n) is 2.56. The van der Waals surface area contributed by atoms with E-state index in [1.807, 2.05) is 6.07 Å². The largest absolute Gasteiger partial charge is 0.461 e. The van der Waals surface area contributed by atoms with Crippen LogP contribution in [-0.4, -0.2) is 22.4 Å². The average Bonchev–Trinajstić information content (AvgIpc) is 2.80. The summed E-state index contributed by atoms with van der Waals surface area (Å²) in [5, 5.41) is 13.5. The highest BCUT2D eigenvalue weighted by molar-refractivity contribution is 6.32. The van der Waals surface area contributed by atoms with Crippen LogP contribution in [0.5, 0.6) is 0 Å².